The molecule has 0 amide bonds. The van der Waals surface area contributed by atoms with Gasteiger partial charge in [-0.25, -0.2) is 0 Å². The van der Waals surface area contributed by atoms with Gasteiger partial charge in [-0.15, -0.1) is 0 Å². The van der Waals surface area contributed by atoms with Crippen LogP contribution < -0.4 is 10.1 Å². The normalized spacial score (nSPS) is 12.2. The molecule has 1 N–H and O–H groups in total. The summed E-state index contributed by atoms with van der Waals surface area (Å²) < 4.78 is 5.49. The summed E-state index contributed by atoms with van der Waals surface area (Å²) in [5.41, 5.74) is 3.20. The summed E-state index contributed by atoms with van der Waals surface area (Å²) in [4.78, 5) is 4.40. The molecule has 2 aromatic rings. The second-order valence-corrected chi connectivity index (χ2v) is 5.44. The molecule has 0 aliphatic rings. The molecule has 0 aliphatic carbocycles. The number of hydrogen-bond donors (Lipinski definition) is 1. The Hall–Kier alpha value is -1.58. The smallest absolute Gasteiger partial charge is 0.125 e. The van der Waals surface area contributed by atoms with Crippen molar-refractivity contribution in [2.75, 3.05) is 13.7 Å². The zero-order valence-corrected chi connectivity index (χ0v) is 13.4. The second-order valence-electron chi connectivity index (χ2n) is 5.01. The van der Waals surface area contributed by atoms with Gasteiger partial charge in [0.1, 0.15) is 5.75 Å². The molecule has 0 bridgehead atoms. The third kappa shape index (κ3) is 3.96. The van der Waals surface area contributed by atoms with Crippen LogP contribution in [0.2, 0.25) is 5.02 Å². The molecule has 0 saturated carbocycles. The molecule has 0 aliphatic heterocycles. The maximum atomic E-state index is 6.06. The highest BCUT2D eigenvalue weighted by atomic mass is 35.5. The van der Waals surface area contributed by atoms with Crippen molar-refractivity contribution in [3.63, 3.8) is 0 Å². The Labute approximate surface area is 131 Å². The zero-order valence-electron chi connectivity index (χ0n) is 12.7. The van der Waals surface area contributed by atoms with E-state index in [1.807, 2.05) is 37.4 Å². The average Bonchev–Trinajstić information content (AvgIpc) is 2.50. The third-order valence-electron chi connectivity index (χ3n) is 3.37. The maximum absolute atomic E-state index is 6.06. The summed E-state index contributed by atoms with van der Waals surface area (Å²) in [6.07, 6.45) is 2.97. The minimum atomic E-state index is 0.0465. The molecule has 1 atom stereocenters. The highest BCUT2D eigenvalue weighted by Crippen LogP contribution is 2.32. The van der Waals surface area contributed by atoms with E-state index in [1.165, 1.54) is 0 Å². The Bertz CT molecular complexity index is 584. The van der Waals surface area contributed by atoms with Gasteiger partial charge in [-0.05, 0) is 43.7 Å². The summed E-state index contributed by atoms with van der Waals surface area (Å²) in [7, 11) is 1.67. The Balaban J connectivity index is 2.42. The molecule has 0 spiro atoms. The number of hydrogen-bond acceptors (Lipinski definition) is 3. The maximum Gasteiger partial charge on any atom is 0.125 e. The number of nitrogens with one attached hydrogen (secondary N) is 1. The number of aryl methyl sites for hydroxylation is 1. The van der Waals surface area contributed by atoms with Crippen LogP contribution in [0.15, 0.2) is 36.5 Å². The van der Waals surface area contributed by atoms with Gasteiger partial charge in [-0.1, -0.05) is 30.7 Å². The fourth-order valence-corrected chi connectivity index (χ4v) is 2.43. The standard InChI is InChI=1S/C17H21ClN2O/c1-4-9-19-17(13-6-5-12(2)20-11-13)15-8-7-14(18)10-16(15)21-3/h5-8,10-11,17,19H,4,9H2,1-3H3. The molecule has 21 heavy (non-hydrogen) atoms. The van der Waals surface area contributed by atoms with E-state index in [0.29, 0.717) is 5.02 Å². The zero-order chi connectivity index (χ0) is 15.2. The molecule has 0 fully saturated rings. The molecule has 4 heteroatoms. The van der Waals surface area contributed by atoms with E-state index in [2.05, 4.69) is 23.3 Å². The van der Waals surface area contributed by atoms with Gasteiger partial charge in [-0.3, -0.25) is 4.98 Å². The van der Waals surface area contributed by atoms with E-state index in [-0.39, 0.29) is 6.04 Å². The highest BCUT2D eigenvalue weighted by molar-refractivity contribution is 6.30. The van der Waals surface area contributed by atoms with Crippen molar-refractivity contribution in [3.05, 3.63) is 58.4 Å². The lowest BCUT2D eigenvalue weighted by atomic mass is 9.98. The molecule has 1 unspecified atom stereocenters. The van der Waals surface area contributed by atoms with Crippen molar-refractivity contribution in [2.45, 2.75) is 26.3 Å². The lowest BCUT2D eigenvalue weighted by Gasteiger charge is -2.21. The average molecular weight is 305 g/mol. The Morgan fingerprint density at radius 3 is 2.71 bits per heavy atom. The Morgan fingerprint density at radius 2 is 2.10 bits per heavy atom. The van der Waals surface area contributed by atoms with E-state index < -0.39 is 0 Å². The van der Waals surface area contributed by atoms with Crippen LogP contribution in [0.5, 0.6) is 5.75 Å². The van der Waals surface area contributed by atoms with Gasteiger partial charge in [0.15, 0.2) is 0 Å². The van der Waals surface area contributed by atoms with Crippen molar-refractivity contribution in [1.29, 1.82) is 0 Å². The van der Waals surface area contributed by atoms with Crippen molar-refractivity contribution in [3.8, 4) is 5.75 Å². The summed E-state index contributed by atoms with van der Waals surface area (Å²) in [5.74, 6) is 0.789. The fraction of sp³-hybridized carbons (Fsp3) is 0.353. The lowest BCUT2D eigenvalue weighted by Crippen LogP contribution is -2.23. The molecule has 1 aromatic carbocycles. The minimum absolute atomic E-state index is 0.0465. The summed E-state index contributed by atoms with van der Waals surface area (Å²) >= 11 is 6.06. The number of benzene rings is 1. The first-order valence-corrected chi connectivity index (χ1v) is 7.53. The van der Waals surface area contributed by atoms with Gasteiger partial charge in [0.25, 0.3) is 0 Å². The monoisotopic (exact) mass is 304 g/mol. The number of pyridine rings is 1. The fourth-order valence-electron chi connectivity index (χ4n) is 2.27. The molecule has 2 rings (SSSR count). The van der Waals surface area contributed by atoms with Crippen LogP contribution in [-0.4, -0.2) is 18.6 Å². The number of halogens is 1. The Kier molecular flexibility index (Phi) is 5.59. The molecule has 112 valence electrons. The molecular formula is C17H21ClN2O. The molecule has 0 radical (unpaired) electrons. The molecule has 3 nitrogen and oxygen atoms in total. The largest absolute Gasteiger partial charge is 0.496 e. The number of aromatic nitrogens is 1. The summed E-state index contributed by atoms with van der Waals surface area (Å²) in [6.45, 7) is 5.06. The molecule has 0 saturated heterocycles. The SMILES string of the molecule is CCCNC(c1ccc(C)nc1)c1ccc(Cl)cc1OC. The van der Waals surface area contributed by atoms with Gasteiger partial charge < -0.3 is 10.1 Å². The van der Waals surface area contributed by atoms with Crippen LogP contribution in [-0.2, 0) is 0 Å². The van der Waals surface area contributed by atoms with Gasteiger partial charge in [0.2, 0.25) is 0 Å². The van der Waals surface area contributed by atoms with Crippen molar-refractivity contribution < 1.29 is 4.74 Å². The number of rotatable bonds is 6. The van der Waals surface area contributed by atoms with Gasteiger partial charge in [0, 0.05) is 22.5 Å². The van der Waals surface area contributed by atoms with Gasteiger partial charge in [-0.2, -0.15) is 0 Å². The van der Waals surface area contributed by atoms with Crippen molar-refractivity contribution in [1.82, 2.24) is 10.3 Å². The van der Waals surface area contributed by atoms with E-state index in [4.69, 9.17) is 16.3 Å². The van der Waals surface area contributed by atoms with Crippen LogP contribution >= 0.6 is 11.6 Å². The molecule has 1 heterocycles. The third-order valence-corrected chi connectivity index (χ3v) is 3.61. The van der Waals surface area contributed by atoms with Gasteiger partial charge >= 0.3 is 0 Å². The number of ether oxygens (including phenoxy) is 1. The minimum Gasteiger partial charge on any atom is -0.496 e. The van der Waals surface area contributed by atoms with E-state index >= 15 is 0 Å². The van der Waals surface area contributed by atoms with Crippen LogP contribution in [0, 0.1) is 6.92 Å². The second kappa shape index (κ2) is 7.43. The predicted molar refractivity (Wildman–Crippen MR) is 87.1 cm³/mol. The van der Waals surface area contributed by atoms with Gasteiger partial charge in [0.05, 0.1) is 13.2 Å². The highest BCUT2D eigenvalue weighted by Gasteiger charge is 2.18. The first kappa shape index (κ1) is 15.8. The van der Waals surface area contributed by atoms with Crippen LogP contribution in [0.1, 0.15) is 36.2 Å². The predicted octanol–water partition coefficient (Wildman–Crippen LogP) is 4.14. The van der Waals surface area contributed by atoms with Crippen LogP contribution in [0.25, 0.3) is 0 Å². The quantitative estimate of drug-likeness (QED) is 0.871. The van der Waals surface area contributed by atoms with Crippen molar-refractivity contribution in [2.24, 2.45) is 0 Å². The first-order valence-electron chi connectivity index (χ1n) is 7.15. The molecule has 1 aromatic heterocycles. The summed E-state index contributed by atoms with van der Waals surface area (Å²) in [6, 6.07) is 9.92. The van der Waals surface area contributed by atoms with Crippen molar-refractivity contribution >= 4 is 11.6 Å². The summed E-state index contributed by atoms with van der Waals surface area (Å²) in [5, 5.41) is 4.23. The first-order chi connectivity index (χ1) is 10.2. The van der Waals surface area contributed by atoms with E-state index in [9.17, 15) is 0 Å². The van der Waals surface area contributed by atoms with Crippen LogP contribution in [0.4, 0.5) is 0 Å². The molecular weight excluding hydrogens is 284 g/mol. The lowest BCUT2D eigenvalue weighted by molar-refractivity contribution is 0.404. The number of nitrogens with zero attached hydrogens (tertiary/aromatic N) is 1. The van der Waals surface area contributed by atoms with E-state index in [1.54, 1.807) is 7.11 Å². The van der Waals surface area contributed by atoms with Crippen LogP contribution in [0.3, 0.4) is 0 Å². The number of methoxy groups -OCH3 is 1. The topological polar surface area (TPSA) is 34.2 Å². The Morgan fingerprint density at radius 1 is 1.29 bits per heavy atom. The van der Waals surface area contributed by atoms with E-state index in [0.717, 1.165) is 35.5 Å².